The number of isocyanates is 1. The highest BCUT2D eigenvalue weighted by Gasteiger charge is 2.33. The Labute approximate surface area is 82.2 Å². The summed E-state index contributed by atoms with van der Waals surface area (Å²) < 4.78 is 49.8. The van der Waals surface area contributed by atoms with Crippen LogP contribution in [-0.2, 0) is 11.0 Å². The van der Waals surface area contributed by atoms with Gasteiger partial charge in [-0.1, -0.05) is 0 Å². The van der Waals surface area contributed by atoms with Gasteiger partial charge in [0.1, 0.15) is 11.5 Å². The van der Waals surface area contributed by atoms with Gasteiger partial charge in [0.15, 0.2) is 0 Å². The third-order valence-corrected chi connectivity index (χ3v) is 1.77. The Morgan fingerprint density at radius 3 is 2.40 bits per heavy atom. The van der Waals surface area contributed by atoms with E-state index in [2.05, 4.69) is 4.99 Å². The Morgan fingerprint density at radius 1 is 1.33 bits per heavy atom. The van der Waals surface area contributed by atoms with Crippen LogP contribution in [0, 0.1) is 12.7 Å². The van der Waals surface area contributed by atoms with Crippen LogP contribution in [0.1, 0.15) is 11.1 Å². The van der Waals surface area contributed by atoms with Crippen molar-refractivity contribution in [2.24, 2.45) is 4.99 Å². The monoisotopic (exact) mass is 219 g/mol. The van der Waals surface area contributed by atoms with Gasteiger partial charge in [-0.05, 0) is 24.6 Å². The number of hydrogen-bond acceptors (Lipinski definition) is 2. The summed E-state index contributed by atoms with van der Waals surface area (Å²) in [5, 5.41) is 0. The van der Waals surface area contributed by atoms with Crippen LogP contribution in [-0.4, -0.2) is 6.08 Å². The minimum Gasteiger partial charge on any atom is -0.211 e. The van der Waals surface area contributed by atoms with Crippen molar-refractivity contribution in [2.75, 3.05) is 0 Å². The van der Waals surface area contributed by atoms with E-state index in [0.29, 0.717) is 6.07 Å². The van der Waals surface area contributed by atoms with E-state index in [0.717, 1.165) is 19.1 Å². The number of hydrogen-bond donors (Lipinski definition) is 0. The quantitative estimate of drug-likeness (QED) is 0.405. The first-order valence-electron chi connectivity index (χ1n) is 3.81. The molecule has 0 unspecified atom stereocenters. The molecule has 0 saturated carbocycles. The van der Waals surface area contributed by atoms with E-state index < -0.39 is 23.2 Å². The van der Waals surface area contributed by atoms with Crippen LogP contribution >= 0.6 is 0 Å². The minimum absolute atomic E-state index is 0.196. The highest BCUT2D eigenvalue weighted by molar-refractivity contribution is 5.52. The predicted octanol–water partition coefficient (Wildman–Crippen LogP) is 3.12. The van der Waals surface area contributed by atoms with Gasteiger partial charge in [0, 0.05) is 0 Å². The van der Waals surface area contributed by atoms with Gasteiger partial charge in [0.05, 0.1) is 5.56 Å². The zero-order chi connectivity index (χ0) is 11.6. The number of nitrogens with zero attached hydrogens (tertiary/aromatic N) is 1. The molecule has 15 heavy (non-hydrogen) atoms. The van der Waals surface area contributed by atoms with E-state index in [1.54, 1.807) is 0 Å². The Balaban J connectivity index is 3.38. The number of rotatable bonds is 1. The summed E-state index contributed by atoms with van der Waals surface area (Å²) in [5.74, 6) is -1.20. The average Bonchev–Trinajstić information content (AvgIpc) is 2.09. The maximum atomic E-state index is 13.0. The van der Waals surface area contributed by atoms with Gasteiger partial charge in [0.25, 0.3) is 0 Å². The summed E-state index contributed by atoms with van der Waals surface area (Å²) in [6.45, 7) is 1.16. The largest absolute Gasteiger partial charge is 0.416 e. The lowest BCUT2D eigenvalue weighted by Gasteiger charge is -2.10. The standard InChI is InChI=1S/C9H5F4NO/c1-5-2-8(14-4-15)7(10)3-6(5)9(11,12)13/h2-3H,1H3. The molecular formula is C9H5F4NO. The fourth-order valence-electron chi connectivity index (χ4n) is 1.11. The van der Waals surface area contributed by atoms with Gasteiger partial charge in [-0.15, -0.1) is 0 Å². The number of halogens is 4. The second-order valence-corrected chi connectivity index (χ2v) is 2.82. The van der Waals surface area contributed by atoms with E-state index in [4.69, 9.17) is 0 Å². The average molecular weight is 219 g/mol. The molecule has 0 atom stereocenters. The molecule has 0 saturated heterocycles. The fourth-order valence-corrected chi connectivity index (χ4v) is 1.11. The number of aliphatic imine (C=N–C) groups is 1. The molecule has 0 spiro atoms. The smallest absolute Gasteiger partial charge is 0.211 e. The maximum Gasteiger partial charge on any atom is 0.416 e. The third-order valence-electron chi connectivity index (χ3n) is 1.77. The van der Waals surface area contributed by atoms with E-state index in [1.165, 1.54) is 0 Å². The van der Waals surface area contributed by atoms with E-state index in [-0.39, 0.29) is 5.56 Å². The van der Waals surface area contributed by atoms with Crippen LogP contribution < -0.4 is 0 Å². The van der Waals surface area contributed by atoms with E-state index >= 15 is 0 Å². The van der Waals surface area contributed by atoms with Crippen molar-refractivity contribution in [2.45, 2.75) is 13.1 Å². The minimum atomic E-state index is -4.62. The number of carbonyl (C=O) groups excluding carboxylic acids is 1. The Bertz CT molecular complexity index is 432. The molecular weight excluding hydrogens is 214 g/mol. The molecule has 0 fully saturated rings. The van der Waals surface area contributed by atoms with Crippen molar-refractivity contribution in [3.05, 3.63) is 29.1 Å². The SMILES string of the molecule is Cc1cc(N=C=O)c(F)cc1C(F)(F)F. The molecule has 1 aromatic carbocycles. The molecule has 6 heteroatoms. The number of aryl methyl sites for hydroxylation is 1. The first-order valence-corrected chi connectivity index (χ1v) is 3.81. The van der Waals surface area contributed by atoms with Crippen LogP contribution in [0.25, 0.3) is 0 Å². The maximum absolute atomic E-state index is 13.0. The van der Waals surface area contributed by atoms with Crippen LogP contribution in [0.15, 0.2) is 17.1 Å². The molecule has 0 N–H and O–H groups in total. The van der Waals surface area contributed by atoms with Crippen molar-refractivity contribution < 1.29 is 22.4 Å². The number of benzene rings is 1. The van der Waals surface area contributed by atoms with Crippen molar-refractivity contribution in [1.82, 2.24) is 0 Å². The first-order chi connectivity index (χ1) is 6.86. The fraction of sp³-hybridized carbons (Fsp3) is 0.222. The summed E-state index contributed by atoms with van der Waals surface area (Å²) in [4.78, 5) is 12.8. The molecule has 0 aromatic heterocycles. The Morgan fingerprint density at radius 2 is 1.93 bits per heavy atom. The Hall–Kier alpha value is -1.68. The lowest BCUT2D eigenvalue weighted by atomic mass is 10.1. The van der Waals surface area contributed by atoms with Gasteiger partial charge >= 0.3 is 6.18 Å². The van der Waals surface area contributed by atoms with Crippen LogP contribution in [0.3, 0.4) is 0 Å². The van der Waals surface area contributed by atoms with Gasteiger partial charge in [-0.2, -0.15) is 18.2 Å². The second kappa shape index (κ2) is 3.82. The summed E-state index contributed by atoms with van der Waals surface area (Å²) in [6.07, 6.45) is -3.55. The molecule has 0 bridgehead atoms. The van der Waals surface area contributed by atoms with Crippen molar-refractivity contribution >= 4 is 11.8 Å². The van der Waals surface area contributed by atoms with Gasteiger partial charge in [0.2, 0.25) is 6.08 Å². The molecule has 0 aliphatic carbocycles. The molecule has 0 aliphatic heterocycles. The predicted molar refractivity (Wildman–Crippen MR) is 43.9 cm³/mol. The molecule has 0 amide bonds. The van der Waals surface area contributed by atoms with Gasteiger partial charge in [-0.25, -0.2) is 9.18 Å². The first kappa shape index (κ1) is 11.4. The molecule has 80 valence electrons. The molecule has 0 radical (unpaired) electrons. The highest BCUT2D eigenvalue weighted by Crippen LogP contribution is 2.34. The zero-order valence-corrected chi connectivity index (χ0v) is 7.52. The van der Waals surface area contributed by atoms with Crippen molar-refractivity contribution in [3.63, 3.8) is 0 Å². The van der Waals surface area contributed by atoms with Crippen molar-refractivity contribution in [3.8, 4) is 0 Å². The van der Waals surface area contributed by atoms with E-state index in [9.17, 15) is 22.4 Å². The lowest BCUT2D eigenvalue weighted by Crippen LogP contribution is -2.07. The van der Waals surface area contributed by atoms with Gasteiger partial charge in [-0.3, -0.25) is 0 Å². The second-order valence-electron chi connectivity index (χ2n) is 2.82. The van der Waals surface area contributed by atoms with Gasteiger partial charge < -0.3 is 0 Å². The summed E-state index contributed by atoms with van der Waals surface area (Å²) in [6, 6.07) is 1.16. The topological polar surface area (TPSA) is 29.4 Å². The van der Waals surface area contributed by atoms with Crippen LogP contribution in [0.2, 0.25) is 0 Å². The molecule has 0 heterocycles. The molecule has 1 aromatic rings. The lowest BCUT2D eigenvalue weighted by molar-refractivity contribution is -0.138. The zero-order valence-electron chi connectivity index (χ0n) is 7.52. The molecule has 0 aliphatic rings. The van der Waals surface area contributed by atoms with E-state index in [1.807, 2.05) is 0 Å². The summed E-state index contributed by atoms with van der Waals surface area (Å²) in [7, 11) is 0. The normalized spacial score (nSPS) is 11.0. The highest BCUT2D eigenvalue weighted by atomic mass is 19.4. The van der Waals surface area contributed by atoms with Crippen LogP contribution in [0.5, 0.6) is 0 Å². The third kappa shape index (κ3) is 2.41. The summed E-state index contributed by atoms with van der Waals surface area (Å²) >= 11 is 0. The van der Waals surface area contributed by atoms with Crippen molar-refractivity contribution in [1.29, 1.82) is 0 Å². The summed E-state index contributed by atoms with van der Waals surface area (Å²) in [5.41, 5.74) is -1.72. The number of alkyl halides is 3. The van der Waals surface area contributed by atoms with Crippen LogP contribution in [0.4, 0.5) is 23.2 Å². The molecule has 1 rings (SSSR count). The molecule has 2 nitrogen and oxygen atoms in total. The Kier molecular flexibility index (Phi) is 2.90.